The van der Waals surface area contributed by atoms with Crippen LogP contribution in [0.15, 0.2) is 48.6 Å². The molecule has 2 N–H and O–H groups in total. The van der Waals surface area contributed by atoms with Crippen molar-refractivity contribution in [3.63, 3.8) is 0 Å². The highest BCUT2D eigenvalue weighted by Gasteiger charge is 2.40. The Morgan fingerprint density at radius 1 is 0.594 bits per heavy atom. The molecule has 1 saturated heterocycles. The largest absolute Gasteiger partial charge is 0.375 e. The van der Waals surface area contributed by atoms with Gasteiger partial charge in [0.05, 0.1) is 37.1 Å². The average Bonchev–Trinajstić information content (AvgIpc) is 3.73. The van der Waals surface area contributed by atoms with Gasteiger partial charge < -0.3 is 34.5 Å². The molecule has 0 bridgehead atoms. The van der Waals surface area contributed by atoms with Crippen molar-refractivity contribution in [2.45, 2.75) is 277 Å². The van der Waals surface area contributed by atoms with Crippen LogP contribution in [-0.4, -0.2) is 94.0 Å². The Bertz CT molecular complexity index is 1230. The summed E-state index contributed by atoms with van der Waals surface area (Å²) in [6.07, 6.45) is 57.8. The van der Waals surface area contributed by atoms with Crippen LogP contribution in [0.4, 0.5) is 0 Å². The third-order valence-corrected chi connectivity index (χ3v) is 13.8. The van der Waals surface area contributed by atoms with Crippen molar-refractivity contribution < 1.29 is 23.7 Å². The normalized spacial score (nSPS) is 17.1. The van der Waals surface area contributed by atoms with Gasteiger partial charge in [-0.1, -0.05) is 146 Å². The summed E-state index contributed by atoms with van der Waals surface area (Å²) in [5.74, 6) is -0.249. The van der Waals surface area contributed by atoms with Crippen LogP contribution in [0.5, 0.6) is 0 Å². The third kappa shape index (κ3) is 41.4. The third-order valence-electron chi connectivity index (χ3n) is 13.8. The molecule has 0 spiro atoms. The van der Waals surface area contributed by atoms with Gasteiger partial charge in [-0.05, 0) is 157 Å². The van der Waals surface area contributed by atoms with Crippen LogP contribution in [0.2, 0.25) is 0 Å². The van der Waals surface area contributed by atoms with Crippen molar-refractivity contribution in [2.24, 2.45) is 0 Å². The maximum absolute atomic E-state index is 12.6. The Morgan fingerprint density at radius 3 is 1.61 bits per heavy atom. The maximum atomic E-state index is 12.6. The maximum Gasteiger partial charge on any atom is 0.219 e. The zero-order valence-corrected chi connectivity index (χ0v) is 47.0. The number of rotatable bonds is 50. The summed E-state index contributed by atoms with van der Waals surface area (Å²) in [4.78, 5) is 15.0. The molecule has 0 aromatic rings. The van der Waals surface area contributed by atoms with Crippen LogP contribution in [0.3, 0.4) is 0 Å². The van der Waals surface area contributed by atoms with E-state index in [4.69, 9.17) is 18.9 Å². The fourth-order valence-electron chi connectivity index (χ4n) is 8.97. The number of allylic oxidation sites excluding steroid dienone is 8. The van der Waals surface area contributed by atoms with Gasteiger partial charge in [-0.25, -0.2) is 0 Å². The molecule has 0 radical (unpaired) electrons. The molecule has 0 aromatic heterocycles. The number of carbonyl (C=O) groups excluding carboxylic acids is 1. The zero-order chi connectivity index (χ0) is 50.4. The summed E-state index contributed by atoms with van der Waals surface area (Å²) < 4.78 is 25.7. The van der Waals surface area contributed by atoms with Crippen molar-refractivity contribution >= 4 is 5.91 Å². The van der Waals surface area contributed by atoms with E-state index < -0.39 is 5.79 Å². The van der Waals surface area contributed by atoms with Gasteiger partial charge in [-0.2, -0.15) is 0 Å². The lowest BCUT2D eigenvalue weighted by Crippen LogP contribution is -2.35. The van der Waals surface area contributed by atoms with E-state index in [1.165, 1.54) is 141 Å². The highest BCUT2D eigenvalue weighted by Crippen LogP contribution is 2.36. The Kier molecular flexibility index (Phi) is 42.4. The van der Waals surface area contributed by atoms with Gasteiger partial charge in [-0.3, -0.25) is 4.79 Å². The predicted octanol–water partition coefficient (Wildman–Crippen LogP) is 16.1. The molecule has 8 heteroatoms. The molecule has 0 aromatic carbocycles. The Hall–Kier alpha value is -1.81. The van der Waals surface area contributed by atoms with Crippen LogP contribution in [-0.2, 0) is 23.7 Å². The van der Waals surface area contributed by atoms with Gasteiger partial charge >= 0.3 is 0 Å². The van der Waals surface area contributed by atoms with E-state index in [1.54, 1.807) is 0 Å². The van der Waals surface area contributed by atoms with Crippen molar-refractivity contribution in [3.05, 3.63) is 48.6 Å². The second-order valence-electron chi connectivity index (χ2n) is 21.7. The highest BCUT2D eigenvalue weighted by molar-refractivity contribution is 5.75. The molecule has 0 aliphatic carbocycles. The lowest BCUT2D eigenvalue weighted by atomic mass is 9.98. The van der Waals surface area contributed by atoms with Gasteiger partial charge in [0.2, 0.25) is 5.91 Å². The first-order chi connectivity index (χ1) is 33.5. The number of amides is 1. The van der Waals surface area contributed by atoms with Crippen molar-refractivity contribution in [1.82, 2.24) is 15.5 Å². The van der Waals surface area contributed by atoms with E-state index in [0.29, 0.717) is 26.2 Å². The van der Waals surface area contributed by atoms with E-state index in [9.17, 15) is 4.79 Å². The molecular formula is C61H115N3O5. The minimum absolute atomic E-state index is 0.144. The molecule has 1 rings (SSSR count). The Balaban J connectivity index is 2.37. The van der Waals surface area contributed by atoms with E-state index in [-0.39, 0.29) is 23.2 Å². The number of hydrogen-bond acceptors (Lipinski definition) is 7. The average molecular weight is 971 g/mol. The lowest BCUT2D eigenvalue weighted by Gasteiger charge is -2.30. The number of carbonyl (C=O) groups is 1. The summed E-state index contributed by atoms with van der Waals surface area (Å²) in [6, 6.07) is 0. The Labute approximate surface area is 428 Å². The molecule has 1 unspecified atom stereocenters. The second kappa shape index (κ2) is 44.9. The van der Waals surface area contributed by atoms with Gasteiger partial charge in [0.1, 0.15) is 0 Å². The van der Waals surface area contributed by atoms with E-state index in [1.807, 2.05) is 7.05 Å². The fourth-order valence-corrected chi connectivity index (χ4v) is 8.97. The number of ether oxygens (including phenoxy) is 4. The molecule has 0 saturated carbocycles. The lowest BCUT2D eigenvalue weighted by molar-refractivity contribution is -0.180. The second-order valence-corrected chi connectivity index (χ2v) is 21.7. The molecular weight excluding hydrogens is 855 g/mol. The van der Waals surface area contributed by atoms with Crippen LogP contribution in [0, 0.1) is 0 Å². The molecule has 1 aliphatic heterocycles. The predicted molar refractivity (Wildman–Crippen MR) is 298 cm³/mol. The quantitative estimate of drug-likeness (QED) is 0.0464. The number of likely N-dealkylation sites (N-methyl/N-ethyl adjacent to an activating group) is 1. The molecule has 1 amide bonds. The molecule has 1 aliphatic rings. The molecule has 1 atom stereocenters. The van der Waals surface area contributed by atoms with Crippen molar-refractivity contribution in [1.29, 1.82) is 0 Å². The molecule has 8 nitrogen and oxygen atoms in total. The first-order valence-electron chi connectivity index (χ1n) is 29.3. The first-order valence-corrected chi connectivity index (χ1v) is 29.3. The number of unbranched alkanes of at least 4 members (excludes halogenated alkanes) is 20. The van der Waals surface area contributed by atoms with Crippen molar-refractivity contribution in [2.75, 3.05) is 60.1 Å². The molecule has 69 heavy (non-hydrogen) atoms. The Morgan fingerprint density at radius 2 is 1.07 bits per heavy atom. The first kappa shape index (κ1) is 65.2. The fraction of sp³-hybridized carbons (Fsp3) is 0.852. The molecule has 1 heterocycles. The summed E-state index contributed by atoms with van der Waals surface area (Å²) in [5, 5.41) is 6.24. The molecule has 404 valence electrons. The van der Waals surface area contributed by atoms with Gasteiger partial charge in [0, 0.05) is 38.9 Å². The summed E-state index contributed by atoms with van der Waals surface area (Å²) >= 11 is 0. The SMILES string of the molecule is CCCCCC=CCC=CCCCCCCCCC1(CCCCCCCCC=CCC=CCCCCC)OCC(CCN(C)CCCCCC(=O)NCCC(C)(C)OCCC(C)(C)OCCNC)O1. The minimum atomic E-state index is -0.393. The number of hydrogen-bond donors (Lipinski definition) is 2. The van der Waals surface area contributed by atoms with E-state index >= 15 is 0 Å². The van der Waals surface area contributed by atoms with Crippen LogP contribution >= 0.6 is 0 Å². The standard InChI is InChI=1S/C61H115N3O5/c1-9-11-13-15-17-19-21-23-25-27-29-31-33-35-37-41-46-61(47-42-38-36-34-32-30-28-26-24-22-20-18-16-14-12-10-2)68-56-57(69-61)45-53-64(8)52-43-39-40-44-58(65)63-50-48-59(3,4)66-54-49-60(5,6)67-55-51-62-7/h17-20,23-26,57,62H,9-16,21-22,27-56H2,1-8H3,(H,63,65). The van der Waals surface area contributed by atoms with Crippen molar-refractivity contribution in [3.8, 4) is 0 Å². The summed E-state index contributed by atoms with van der Waals surface area (Å²) in [5.41, 5.74) is -0.505. The monoisotopic (exact) mass is 970 g/mol. The number of nitrogens with zero attached hydrogens (tertiary/aromatic N) is 1. The summed E-state index contributed by atoms with van der Waals surface area (Å²) in [7, 11) is 4.16. The smallest absolute Gasteiger partial charge is 0.219 e. The van der Waals surface area contributed by atoms with Crippen LogP contribution < -0.4 is 10.6 Å². The van der Waals surface area contributed by atoms with E-state index in [2.05, 4.69) is 113 Å². The highest BCUT2D eigenvalue weighted by atomic mass is 16.7. The topological polar surface area (TPSA) is 81.3 Å². The van der Waals surface area contributed by atoms with E-state index in [0.717, 1.165) is 90.4 Å². The van der Waals surface area contributed by atoms with Gasteiger partial charge in [-0.15, -0.1) is 0 Å². The number of nitrogens with one attached hydrogen (secondary N) is 2. The van der Waals surface area contributed by atoms with Crippen LogP contribution in [0.1, 0.15) is 253 Å². The summed E-state index contributed by atoms with van der Waals surface area (Å²) in [6.45, 7) is 18.6. The van der Waals surface area contributed by atoms with Crippen LogP contribution in [0.25, 0.3) is 0 Å². The minimum Gasteiger partial charge on any atom is -0.375 e. The molecule has 1 fully saturated rings. The zero-order valence-electron chi connectivity index (χ0n) is 47.0. The van der Waals surface area contributed by atoms with Gasteiger partial charge in [0.25, 0.3) is 0 Å². The van der Waals surface area contributed by atoms with Gasteiger partial charge in [0.15, 0.2) is 5.79 Å².